The van der Waals surface area contributed by atoms with Gasteiger partial charge in [-0.2, -0.15) is 0 Å². The fourth-order valence-corrected chi connectivity index (χ4v) is 2.13. The van der Waals surface area contributed by atoms with Crippen LogP contribution in [-0.2, 0) is 4.79 Å². The number of amides is 3. The number of urea groups is 1. The van der Waals surface area contributed by atoms with Gasteiger partial charge in [0.1, 0.15) is 0 Å². The van der Waals surface area contributed by atoms with Gasteiger partial charge in [0.05, 0.1) is 6.04 Å². The Morgan fingerprint density at radius 1 is 0.826 bits per heavy atom. The fourth-order valence-electron chi connectivity index (χ4n) is 1.99. The van der Waals surface area contributed by atoms with Gasteiger partial charge in [-0.3, -0.25) is 10.1 Å². The van der Waals surface area contributed by atoms with Crippen LogP contribution in [0, 0.1) is 0 Å². The van der Waals surface area contributed by atoms with E-state index in [9.17, 15) is 9.59 Å². The maximum Gasteiger partial charge on any atom is 0.322 e. The molecule has 2 aromatic carbocycles. The minimum atomic E-state index is -2.20. The molecule has 120 valence electrons. The summed E-state index contributed by atoms with van der Waals surface area (Å²) in [5, 5.41) is 4.71. The van der Waals surface area contributed by atoms with Crippen LogP contribution in [-0.4, -0.2) is 15.7 Å². The molecule has 0 aliphatic heterocycles. The van der Waals surface area contributed by atoms with Crippen LogP contribution in [0.15, 0.2) is 60.7 Å². The van der Waals surface area contributed by atoms with Crippen LogP contribution >= 0.6 is 34.8 Å². The number of imide groups is 1. The summed E-state index contributed by atoms with van der Waals surface area (Å²) < 4.78 is -2.20. The number of alkyl halides is 3. The molecule has 4 nitrogen and oxygen atoms in total. The van der Waals surface area contributed by atoms with E-state index in [2.05, 4.69) is 5.32 Å². The van der Waals surface area contributed by atoms with E-state index in [0.29, 0.717) is 0 Å². The molecule has 3 amide bonds. The van der Waals surface area contributed by atoms with Crippen molar-refractivity contribution in [2.75, 3.05) is 0 Å². The maximum absolute atomic E-state index is 12.0. The first kappa shape index (κ1) is 17.6. The van der Waals surface area contributed by atoms with Crippen LogP contribution in [0.2, 0.25) is 0 Å². The molecule has 0 aliphatic carbocycles. The van der Waals surface area contributed by atoms with Crippen molar-refractivity contribution in [1.82, 2.24) is 10.6 Å². The Balaban J connectivity index is 2.19. The highest BCUT2D eigenvalue weighted by molar-refractivity contribution is 6.76. The lowest BCUT2D eigenvalue weighted by molar-refractivity contribution is -0.119. The van der Waals surface area contributed by atoms with E-state index in [1.807, 2.05) is 66.0 Å². The van der Waals surface area contributed by atoms with Crippen molar-refractivity contribution >= 4 is 46.7 Å². The average Bonchev–Trinajstić information content (AvgIpc) is 2.53. The zero-order chi connectivity index (χ0) is 16.9. The van der Waals surface area contributed by atoms with Gasteiger partial charge >= 0.3 is 6.03 Å². The Labute approximate surface area is 148 Å². The van der Waals surface area contributed by atoms with Crippen molar-refractivity contribution in [3.63, 3.8) is 0 Å². The number of hydrogen-bond acceptors (Lipinski definition) is 2. The second kappa shape index (κ2) is 7.68. The molecule has 0 bridgehead atoms. The van der Waals surface area contributed by atoms with Gasteiger partial charge < -0.3 is 5.32 Å². The molecule has 0 unspecified atom stereocenters. The van der Waals surface area contributed by atoms with Crippen molar-refractivity contribution in [3.05, 3.63) is 71.8 Å². The first-order chi connectivity index (χ1) is 10.9. The molecule has 0 fully saturated rings. The molecule has 2 aromatic rings. The van der Waals surface area contributed by atoms with E-state index >= 15 is 0 Å². The molecule has 23 heavy (non-hydrogen) atoms. The third-order valence-electron chi connectivity index (χ3n) is 3.03. The zero-order valence-electron chi connectivity index (χ0n) is 11.8. The van der Waals surface area contributed by atoms with Gasteiger partial charge in [0.25, 0.3) is 9.70 Å². The lowest BCUT2D eigenvalue weighted by atomic mass is 9.99. The molecule has 0 heterocycles. The Kier molecular flexibility index (Phi) is 5.88. The summed E-state index contributed by atoms with van der Waals surface area (Å²) in [6.45, 7) is 0. The highest BCUT2D eigenvalue weighted by atomic mass is 35.6. The standard InChI is InChI=1S/C16H13Cl3N2O2/c17-16(18,19)14(22)21-15(23)20-13(11-7-3-1-4-8-11)12-9-5-2-6-10-12/h1-10,13H,(H2,20,21,22,23). The second-order valence-corrected chi connectivity index (χ2v) is 6.96. The SMILES string of the molecule is O=C(NC(=O)C(Cl)(Cl)Cl)NC(c1ccccc1)c1ccccc1. The van der Waals surface area contributed by atoms with Crippen LogP contribution in [0.1, 0.15) is 17.2 Å². The van der Waals surface area contributed by atoms with E-state index in [1.54, 1.807) is 0 Å². The number of benzene rings is 2. The summed E-state index contributed by atoms with van der Waals surface area (Å²) in [4.78, 5) is 23.6. The van der Waals surface area contributed by atoms with Gasteiger partial charge in [-0.1, -0.05) is 95.5 Å². The lowest BCUT2D eigenvalue weighted by Gasteiger charge is -2.20. The van der Waals surface area contributed by atoms with Crippen molar-refractivity contribution in [2.45, 2.75) is 9.83 Å². The minimum absolute atomic E-state index is 0.444. The number of hydrogen-bond donors (Lipinski definition) is 2. The van der Waals surface area contributed by atoms with Crippen LogP contribution < -0.4 is 10.6 Å². The number of halogens is 3. The number of rotatable bonds is 3. The van der Waals surface area contributed by atoms with Gasteiger partial charge in [0.2, 0.25) is 0 Å². The summed E-state index contributed by atoms with van der Waals surface area (Å²) in [7, 11) is 0. The van der Waals surface area contributed by atoms with Gasteiger partial charge in [-0.05, 0) is 11.1 Å². The monoisotopic (exact) mass is 370 g/mol. The molecule has 0 atom stereocenters. The summed E-state index contributed by atoms with van der Waals surface area (Å²) in [5.74, 6) is -1.01. The molecule has 2 rings (SSSR count). The molecule has 0 radical (unpaired) electrons. The van der Waals surface area contributed by atoms with E-state index in [1.165, 1.54) is 0 Å². The zero-order valence-corrected chi connectivity index (χ0v) is 14.1. The quantitative estimate of drug-likeness (QED) is 0.802. The topological polar surface area (TPSA) is 58.2 Å². The summed E-state index contributed by atoms with van der Waals surface area (Å²) in [6, 6.07) is 17.5. The molecule has 0 saturated heterocycles. The highest BCUT2D eigenvalue weighted by Crippen LogP contribution is 2.26. The Hall–Kier alpha value is -1.75. The summed E-state index contributed by atoms with van der Waals surface area (Å²) in [5.41, 5.74) is 1.71. The third-order valence-corrected chi connectivity index (χ3v) is 3.54. The Morgan fingerprint density at radius 3 is 1.65 bits per heavy atom. The van der Waals surface area contributed by atoms with Crippen molar-refractivity contribution in [2.24, 2.45) is 0 Å². The van der Waals surface area contributed by atoms with E-state index in [4.69, 9.17) is 34.8 Å². The fraction of sp³-hybridized carbons (Fsp3) is 0.125. The molecule has 7 heteroatoms. The summed E-state index contributed by atoms with van der Waals surface area (Å²) in [6.07, 6.45) is 0. The van der Waals surface area contributed by atoms with Crippen molar-refractivity contribution in [1.29, 1.82) is 0 Å². The molecular formula is C16H13Cl3N2O2. The lowest BCUT2D eigenvalue weighted by Crippen LogP contribution is -2.45. The predicted molar refractivity (Wildman–Crippen MR) is 91.7 cm³/mol. The molecule has 2 N–H and O–H groups in total. The smallest absolute Gasteiger partial charge is 0.322 e. The molecule has 0 spiro atoms. The van der Waals surface area contributed by atoms with Crippen LogP contribution in [0.4, 0.5) is 4.79 Å². The average molecular weight is 372 g/mol. The molecular weight excluding hydrogens is 359 g/mol. The first-order valence-electron chi connectivity index (χ1n) is 6.66. The second-order valence-electron chi connectivity index (χ2n) is 4.68. The minimum Gasteiger partial charge on any atom is -0.327 e. The number of carbonyl (C=O) groups is 2. The number of carbonyl (C=O) groups excluding carboxylic acids is 2. The van der Waals surface area contributed by atoms with E-state index < -0.39 is 21.8 Å². The van der Waals surface area contributed by atoms with Crippen LogP contribution in [0.3, 0.4) is 0 Å². The predicted octanol–water partition coefficient (Wildman–Crippen LogP) is 3.97. The Bertz CT molecular complexity index is 633. The first-order valence-corrected chi connectivity index (χ1v) is 7.80. The van der Waals surface area contributed by atoms with Gasteiger partial charge in [-0.15, -0.1) is 0 Å². The summed E-state index contributed by atoms with van der Waals surface area (Å²) >= 11 is 16.3. The van der Waals surface area contributed by atoms with Crippen molar-refractivity contribution < 1.29 is 9.59 Å². The van der Waals surface area contributed by atoms with Gasteiger partial charge in [0, 0.05) is 0 Å². The maximum atomic E-state index is 12.0. The van der Waals surface area contributed by atoms with E-state index in [0.717, 1.165) is 11.1 Å². The van der Waals surface area contributed by atoms with Gasteiger partial charge in [0.15, 0.2) is 0 Å². The van der Waals surface area contributed by atoms with Crippen molar-refractivity contribution in [3.8, 4) is 0 Å². The highest BCUT2D eigenvalue weighted by Gasteiger charge is 2.32. The molecule has 0 aromatic heterocycles. The van der Waals surface area contributed by atoms with Crippen LogP contribution in [0.25, 0.3) is 0 Å². The van der Waals surface area contributed by atoms with Gasteiger partial charge in [-0.25, -0.2) is 4.79 Å². The van der Waals surface area contributed by atoms with E-state index in [-0.39, 0.29) is 0 Å². The molecule has 0 saturated carbocycles. The van der Waals surface area contributed by atoms with Crippen LogP contribution in [0.5, 0.6) is 0 Å². The largest absolute Gasteiger partial charge is 0.327 e. The number of nitrogens with one attached hydrogen (secondary N) is 2. The normalized spacial score (nSPS) is 11.1. The Morgan fingerprint density at radius 2 is 1.26 bits per heavy atom. The molecule has 0 aliphatic rings. The third kappa shape index (κ3) is 5.13.